The van der Waals surface area contributed by atoms with Crippen LogP contribution in [0, 0.1) is 0 Å². The molecule has 0 bridgehead atoms. The van der Waals surface area contributed by atoms with Gasteiger partial charge in [-0.3, -0.25) is 4.79 Å². The molecule has 0 atom stereocenters. The summed E-state index contributed by atoms with van der Waals surface area (Å²) in [4.78, 5) is 11.7. The van der Waals surface area contributed by atoms with Crippen molar-refractivity contribution in [1.82, 2.24) is 5.16 Å². The fourth-order valence-corrected chi connectivity index (χ4v) is 1.27. The summed E-state index contributed by atoms with van der Waals surface area (Å²) in [5.74, 6) is -0.0286. The van der Waals surface area contributed by atoms with Crippen LogP contribution >= 0.6 is 0 Å². The Morgan fingerprint density at radius 1 is 1.24 bits per heavy atom. The van der Waals surface area contributed by atoms with E-state index in [1.54, 1.807) is 0 Å². The fraction of sp³-hybridized carbons (Fsp3) is 0. The number of carbonyl (C=O) groups excluding carboxylic acids is 1. The molecule has 86 valence electrons. The van der Waals surface area contributed by atoms with Gasteiger partial charge in [0.2, 0.25) is 0 Å². The van der Waals surface area contributed by atoms with Crippen LogP contribution in [0.3, 0.4) is 0 Å². The van der Waals surface area contributed by atoms with Gasteiger partial charge in [0.15, 0.2) is 5.82 Å². The highest BCUT2D eigenvalue weighted by Crippen LogP contribution is 2.05. The lowest BCUT2D eigenvalue weighted by Gasteiger charge is -2.03. The summed E-state index contributed by atoms with van der Waals surface area (Å²) in [5, 5.41) is 23.8. The smallest absolute Gasteiger partial charge is 0.423 e. The van der Waals surface area contributed by atoms with Crippen LogP contribution in [0.1, 0.15) is 10.4 Å². The monoisotopic (exact) mass is 232 g/mol. The lowest BCUT2D eigenvalue weighted by Crippen LogP contribution is -2.29. The van der Waals surface area contributed by atoms with Gasteiger partial charge >= 0.3 is 7.12 Å². The fourth-order valence-electron chi connectivity index (χ4n) is 1.27. The molecule has 6 nitrogen and oxygen atoms in total. The van der Waals surface area contributed by atoms with Crippen molar-refractivity contribution in [2.45, 2.75) is 0 Å². The van der Waals surface area contributed by atoms with E-state index in [9.17, 15) is 4.79 Å². The Morgan fingerprint density at radius 2 is 1.94 bits per heavy atom. The van der Waals surface area contributed by atoms with Crippen molar-refractivity contribution in [2.24, 2.45) is 0 Å². The van der Waals surface area contributed by atoms with Crippen LogP contribution in [-0.2, 0) is 0 Å². The van der Waals surface area contributed by atoms with Gasteiger partial charge in [-0.25, -0.2) is 0 Å². The summed E-state index contributed by atoms with van der Waals surface area (Å²) >= 11 is 0. The molecule has 7 heteroatoms. The third kappa shape index (κ3) is 2.71. The molecule has 1 aromatic heterocycles. The number of amides is 1. The molecule has 0 aliphatic heterocycles. The Labute approximate surface area is 97.0 Å². The molecule has 1 amide bonds. The van der Waals surface area contributed by atoms with Gasteiger partial charge in [-0.05, 0) is 17.6 Å². The van der Waals surface area contributed by atoms with E-state index in [1.165, 1.54) is 36.6 Å². The number of rotatable bonds is 3. The number of hydrogen-bond donors (Lipinski definition) is 3. The normalized spacial score (nSPS) is 10.0. The van der Waals surface area contributed by atoms with Crippen molar-refractivity contribution in [3.8, 4) is 0 Å². The van der Waals surface area contributed by atoms with Crippen LogP contribution in [0.15, 0.2) is 41.1 Å². The zero-order valence-electron chi connectivity index (χ0n) is 8.70. The quantitative estimate of drug-likeness (QED) is 0.626. The highest BCUT2D eigenvalue weighted by atomic mass is 16.5. The zero-order valence-corrected chi connectivity index (χ0v) is 8.70. The first-order chi connectivity index (χ1) is 8.16. The second-order valence-corrected chi connectivity index (χ2v) is 3.33. The van der Waals surface area contributed by atoms with Gasteiger partial charge in [0.25, 0.3) is 5.91 Å². The van der Waals surface area contributed by atoms with Gasteiger partial charge in [-0.2, -0.15) is 0 Å². The summed E-state index contributed by atoms with van der Waals surface area (Å²) in [6.45, 7) is 0. The molecule has 0 spiro atoms. The molecule has 2 aromatic rings. The molecule has 1 heterocycles. The molecule has 0 saturated carbocycles. The van der Waals surface area contributed by atoms with Gasteiger partial charge in [0.1, 0.15) is 6.26 Å². The Kier molecular flexibility index (Phi) is 3.22. The molecular weight excluding hydrogens is 223 g/mol. The number of anilines is 1. The second kappa shape index (κ2) is 4.81. The highest BCUT2D eigenvalue weighted by molar-refractivity contribution is 6.58. The molecule has 17 heavy (non-hydrogen) atoms. The number of nitrogens with zero attached hydrogens (tertiary/aromatic N) is 1. The van der Waals surface area contributed by atoms with E-state index >= 15 is 0 Å². The van der Waals surface area contributed by atoms with E-state index in [1.807, 2.05) is 0 Å². The van der Waals surface area contributed by atoms with E-state index in [2.05, 4.69) is 15.0 Å². The number of hydrogen-bond acceptors (Lipinski definition) is 5. The van der Waals surface area contributed by atoms with E-state index in [-0.39, 0.29) is 5.91 Å². The van der Waals surface area contributed by atoms with Crippen molar-refractivity contribution >= 4 is 24.3 Å². The van der Waals surface area contributed by atoms with E-state index < -0.39 is 7.12 Å². The predicted octanol–water partition coefficient (Wildman–Crippen LogP) is -0.393. The summed E-state index contributed by atoms with van der Waals surface area (Å²) < 4.78 is 4.57. The Bertz CT molecular complexity index is 496. The molecule has 0 aliphatic carbocycles. The van der Waals surface area contributed by atoms with E-state index in [0.29, 0.717) is 16.8 Å². The average Bonchev–Trinajstić information content (AvgIpc) is 2.82. The van der Waals surface area contributed by atoms with Crippen LogP contribution in [-0.4, -0.2) is 28.2 Å². The van der Waals surface area contributed by atoms with Crippen molar-refractivity contribution in [2.75, 3.05) is 5.32 Å². The molecule has 0 fully saturated rings. The molecule has 0 unspecified atom stereocenters. The topological polar surface area (TPSA) is 95.6 Å². The standard InChI is InChI=1S/C10H9BN2O4/c14-10(12-9-5-6-17-13-9)7-1-3-8(4-2-7)11(15)16/h1-6,15-16H,(H,12,13,14). The lowest BCUT2D eigenvalue weighted by molar-refractivity contribution is 0.102. The lowest BCUT2D eigenvalue weighted by atomic mass is 9.80. The molecule has 2 rings (SSSR count). The van der Waals surface area contributed by atoms with E-state index in [0.717, 1.165) is 0 Å². The number of aromatic nitrogens is 1. The van der Waals surface area contributed by atoms with Gasteiger partial charge in [-0.1, -0.05) is 17.3 Å². The minimum absolute atomic E-state index is 0.321. The number of benzene rings is 1. The van der Waals surface area contributed by atoms with E-state index in [4.69, 9.17) is 10.0 Å². The van der Waals surface area contributed by atoms with Gasteiger partial charge < -0.3 is 19.9 Å². The van der Waals surface area contributed by atoms with Gasteiger partial charge in [0.05, 0.1) is 0 Å². The molecular formula is C10H9BN2O4. The van der Waals surface area contributed by atoms with Gasteiger partial charge in [0, 0.05) is 11.6 Å². The maximum atomic E-state index is 11.7. The molecule has 0 saturated heterocycles. The highest BCUT2D eigenvalue weighted by Gasteiger charge is 2.12. The van der Waals surface area contributed by atoms with Crippen LogP contribution in [0.5, 0.6) is 0 Å². The Morgan fingerprint density at radius 3 is 2.47 bits per heavy atom. The van der Waals surface area contributed by atoms with Crippen LogP contribution in [0.25, 0.3) is 0 Å². The van der Waals surface area contributed by atoms with Gasteiger partial charge in [-0.15, -0.1) is 0 Å². The first-order valence-corrected chi connectivity index (χ1v) is 4.84. The predicted molar refractivity (Wildman–Crippen MR) is 60.7 cm³/mol. The summed E-state index contributed by atoms with van der Waals surface area (Å²) in [7, 11) is -1.54. The molecule has 0 aliphatic rings. The first-order valence-electron chi connectivity index (χ1n) is 4.84. The molecule has 1 aromatic carbocycles. The molecule has 0 radical (unpaired) electrons. The number of nitrogens with one attached hydrogen (secondary N) is 1. The summed E-state index contributed by atoms with van der Waals surface area (Å²) in [6, 6.07) is 7.42. The average molecular weight is 232 g/mol. The van der Waals surface area contributed by atoms with Crippen molar-refractivity contribution < 1.29 is 19.4 Å². The minimum atomic E-state index is -1.54. The SMILES string of the molecule is O=C(Nc1ccon1)c1ccc(B(O)O)cc1. The first kappa shape index (κ1) is 11.4. The maximum Gasteiger partial charge on any atom is 0.488 e. The minimum Gasteiger partial charge on any atom is -0.423 e. The second-order valence-electron chi connectivity index (χ2n) is 3.33. The largest absolute Gasteiger partial charge is 0.488 e. The maximum absolute atomic E-state index is 11.7. The third-order valence-electron chi connectivity index (χ3n) is 2.15. The summed E-state index contributed by atoms with van der Waals surface area (Å²) in [6.07, 6.45) is 1.35. The van der Waals surface area contributed by atoms with Crippen LogP contribution < -0.4 is 10.8 Å². The van der Waals surface area contributed by atoms with Crippen molar-refractivity contribution in [3.05, 3.63) is 42.2 Å². The Hall–Kier alpha value is -2.12. The van der Waals surface area contributed by atoms with Crippen LogP contribution in [0.2, 0.25) is 0 Å². The third-order valence-corrected chi connectivity index (χ3v) is 2.15. The Balaban J connectivity index is 2.09. The van der Waals surface area contributed by atoms with Crippen molar-refractivity contribution in [3.63, 3.8) is 0 Å². The van der Waals surface area contributed by atoms with Crippen LogP contribution in [0.4, 0.5) is 5.82 Å². The number of carbonyl (C=O) groups is 1. The van der Waals surface area contributed by atoms with Crippen molar-refractivity contribution in [1.29, 1.82) is 0 Å². The summed E-state index contributed by atoms with van der Waals surface area (Å²) in [5.41, 5.74) is 0.709. The zero-order chi connectivity index (χ0) is 12.3. The molecule has 3 N–H and O–H groups in total.